The molecule has 2 atom stereocenters. The number of nitrogens with one attached hydrogen (secondary N) is 1. The van der Waals surface area contributed by atoms with Crippen LogP contribution in [0.4, 0.5) is 15.9 Å². The van der Waals surface area contributed by atoms with Crippen LogP contribution in [-0.4, -0.2) is 49.2 Å². The van der Waals surface area contributed by atoms with Crippen LogP contribution >= 0.6 is 0 Å². The van der Waals surface area contributed by atoms with Gasteiger partial charge in [-0.1, -0.05) is 25.5 Å². The lowest BCUT2D eigenvalue weighted by Crippen LogP contribution is -2.25. The predicted octanol–water partition coefficient (Wildman–Crippen LogP) is 4.27. The van der Waals surface area contributed by atoms with Crippen molar-refractivity contribution < 1.29 is 19.0 Å². The molecule has 5 rings (SSSR count). The molecular formula is C27H30FN7O3. The first-order valence-corrected chi connectivity index (χ1v) is 12.6. The highest BCUT2D eigenvalue weighted by atomic mass is 19.1. The molecule has 0 bridgehead atoms. The molecule has 1 unspecified atom stereocenters. The number of benzene rings is 1. The maximum absolute atomic E-state index is 14.0. The monoisotopic (exact) mass is 519 g/mol. The molecule has 11 heteroatoms. The molecule has 1 amide bonds. The van der Waals surface area contributed by atoms with E-state index in [2.05, 4.69) is 25.5 Å². The van der Waals surface area contributed by atoms with Crippen molar-refractivity contribution in [3.8, 4) is 5.88 Å². The molecule has 0 saturated carbocycles. The van der Waals surface area contributed by atoms with E-state index in [-0.39, 0.29) is 11.9 Å². The van der Waals surface area contributed by atoms with Gasteiger partial charge in [-0.25, -0.2) is 14.4 Å². The molecule has 0 radical (unpaired) electrons. The van der Waals surface area contributed by atoms with Crippen LogP contribution in [0.1, 0.15) is 67.3 Å². The molecule has 38 heavy (non-hydrogen) atoms. The largest absolute Gasteiger partial charge is 0.481 e. The van der Waals surface area contributed by atoms with E-state index in [0.717, 1.165) is 31.0 Å². The van der Waals surface area contributed by atoms with E-state index in [9.17, 15) is 14.3 Å². The van der Waals surface area contributed by atoms with E-state index in [1.54, 1.807) is 48.0 Å². The number of carbonyl (C=O) groups excluding carboxylic acids is 1. The van der Waals surface area contributed by atoms with Crippen molar-refractivity contribution in [3.05, 3.63) is 71.7 Å². The van der Waals surface area contributed by atoms with Crippen molar-refractivity contribution in [2.24, 2.45) is 0 Å². The molecule has 4 heterocycles. The van der Waals surface area contributed by atoms with Gasteiger partial charge in [0.25, 0.3) is 5.91 Å². The topological polar surface area (TPSA) is 118 Å². The fourth-order valence-electron chi connectivity index (χ4n) is 5.04. The van der Waals surface area contributed by atoms with Crippen molar-refractivity contribution in [1.29, 1.82) is 0 Å². The molecule has 1 fully saturated rings. The Labute approximate surface area is 219 Å². The average molecular weight is 520 g/mol. The molecular weight excluding hydrogens is 489 g/mol. The first-order chi connectivity index (χ1) is 18.3. The van der Waals surface area contributed by atoms with Crippen molar-refractivity contribution in [2.75, 3.05) is 23.9 Å². The van der Waals surface area contributed by atoms with Crippen LogP contribution in [0.3, 0.4) is 0 Å². The molecule has 3 aromatic heterocycles. The molecule has 198 valence electrons. The highest BCUT2D eigenvalue weighted by molar-refractivity contribution is 6.02. The summed E-state index contributed by atoms with van der Waals surface area (Å²) in [5.74, 6) is 0.206. The lowest BCUT2D eigenvalue weighted by molar-refractivity contribution is 0.0470. The fraction of sp³-hybridized carbons (Fsp3) is 0.370. The predicted molar refractivity (Wildman–Crippen MR) is 140 cm³/mol. The van der Waals surface area contributed by atoms with Gasteiger partial charge in [0.05, 0.1) is 37.3 Å². The van der Waals surface area contributed by atoms with Crippen LogP contribution in [-0.2, 0) is 5.60 Å². The fourth-order valence-corrected chi connectivity index (χ4v) is 5.04. The summed E-state index contributed by atoms with van der Waals surface area (Å²) in [7, 11) is 1.51. The Kier molecular flexibility index (Phi) is 6.94. The minimum atomic E-state index is -0.928. The van der Waals surface area contributed by atoms with Crippen molar-refractivity contribution in [2.45, 2.75) is 51.2 Å². The summed E-state index contributed by atoms with van der Waals surface area (Å²) in [6, 6.07) is 8.37. The number of anilines is 2. The summed E-state index contributed by atoms with van der Waals surface area (Å²) in [4.78, 5) is 23.8. The van der Waals surface area contributed by atoms with E-state index < -0.39 is 17.3 Å². The zero-order chi connectivity index (χ0) is 26.9. The van der Waals surface area contributed by atoms with E-state index in [1.807, 2.05) is 11.8 Å². The zero-order valence-electron chi connectivity index (χ0n) is 21.6. The molecule has 1 aliphatic rings. The van der Waals surface area contributed by atoms with Gasteiger partial charge in [-0.3, -0.25) is 9.20 Å². The number of rotatable bonds is 8. The van der Waals surface area contributed by atoms with Crippen LogP contribution in [0.2, 0.25) is 0 Å². The number of amides is 1. The smallest absolute Gasteiger partial charge is 0.293 e. The summed E-state index contributed by atoms with van der Waals surface area (Å²) in [5, 5.41) is 21.6. The maximum Gasteiger partial charge on any atom is 0.293 e. The summed E-state index contributed by atoms with van der Waals surface area (Å²) < 4.78 is 21.0. The number of methoxy groups -OCH3 is 1. The van der Waals surface area contributed by atoms with Crippen LogP contribution in [0.5, 0.6) is 5.88 Å². The summed E-state index contributed by atoms with van der Waals surface area (Å²) >= 11 is 0. The average Bonchev–Trinajstić information content (AvgIpc) is 3.56. The molecule has 2 N–H and O–H groups in total. The van der Waals surface area contributed by atoms with Crippen LogP contribution in [0, 0.1) is 5.82 Å². The number of fused-ring (bicyclic) bond motifs is 1. The van der Waals surface area contributed by atoms with E-state index >= 15 is 0 Å². The second-order valence-electron chi connectivity index (χ2n) is 9.66. The standard InChI is InChI=1S/C27H30FN7O3/c1-4-11-27(2,37)17-7-9-19(10-8-17)31-25(36)24-33-32-22-15-29-23(16-35(22)24)34-12-5-6-21(34)20-13-18(28)14-30-26(20)38-3/h7-10,13-16,21,37H,4-6,11-12H2,1-3H3,(H,31,36)/t21?,27-/m1/s1. The first kappa shape index (κ1) is 25.5. The van der Waals surface area contributed by atoms with E-state index in [1.165, 1.54) is 13.2 Å². The minimum absolute atomic E-state index is 0.103. The minimum Gasteiger partial charge on any atom is -0.481 e. The third kappa shape index (κ3) is 4.89. The van der Waals surface area contributed by atoms with Gasteiger partial charge >= 0.3 is 0 Å². The second kappa shape index (κ2) is 10.3. The molecule has 4 aromatic rings. The number of carbonyl (C=O) groups is 1. The Morgan fingerprint density at radius 3 is 2.76 bits per heavy atom. The van der Waals surface area contributed by atoms with Gasteiger partial charge in [-0.05, 0) is 49.9 Å². The summed E-state index contributed by atoms with van der Waals surface area (Å²) in [6.45, 7) is 4.50. The van der Waals surface area contributed by atoms with Gasteiger partial charge in [0.2, 0.25) is 11.7 Å². The number of hydrogen-bond acceptors (Lipinski definition) is 8. The van der Waals surface area contributed by atoms with E-state index in [0.29, 0.717) is 41.6 Å². The highest BCUT2D eigenvalue weighted by Gasteiger charge is 2.31. The SMILES string of the molecule is CCC[C@@](C)(O)c1ccc(NC(=O)c2nnc3cnc(N4CCCC4c4cc(F)cnc4OC)cn23)cc1. The molecule has 10 nitrogen and oxygen atoms in total. The van der Waals surface area contributed by atoms with E-state index in [4.69, 9.17) is 4.74 Å². The van der Waals surface area contributed by atoms with Gasteiger partial charge in [-0.15, -0.1) is 10.2 Å². The number of pyridine rings is 1. The quantitative estimate of drug-likeness (QED) is 0.354. The molecule has 1 aliphatic heterocycles. The van der Waals surface area contributed by atoms with Crippen LogP contribution in [0.15, 0.2) is 48.9 Å². The number of ether oxygens (including phenoxy) is 1. The third-order valence-corrected chi connectivity index (χ3v) is 6.93. The molecule has 1 saturated heterocycles. The number of halogens is 1. The maximum atomic E-state index is 14.0. The number of nitrogens with zero attached hydrogens (tertiary/aromatic N) is 6. The Morgan fingerprint density at radius 2 is 2.03 bits per heavy atom. The van der Waals surface area contributed by atoms with Crippen LogP contribution in [0.25, 0.3) is 5.65 Å². The normalized spacial score (nSPS) is 17.0. The van der Waals surface area contributed by atoms with Crippen molar-refractivity contribution in [3.63, 3.8) is 0 Å². The van der Waals surface area contributed by atoms with Gasteiger partial charge < -0.3 is 20.1 Å². The van der Waals surface area contributed by atoms with Gasteiger partial charge in [0.15, 0.2) is 5.65 Å². The van der Waals surface area contributed by atoms with Crippen molar-refractivity contribution >= 4 is 23.1 Å². The molecule has 0 aliphatic carbocycles. The summed E-state index contributed by atoms with van der Waals surface area (Å²) in [5.41, 5.74) is 1.50. The highest BCUT2D eigenvalue weighted by Crippen LogP contribution is 2.38. The first-order valence-electron chi connectivity index (χ1n) is 12.6. The number of hydrogen-bond donors (Lipinski definition) is 2. The number of aliphatic hydroxyl groups is 1. The second-order valence-corrected chi connectivity index (χ2v) is 9.66. The lowest BCUT2D eigenvalue weighted by Gasteiger charge is -2.26. The van der Waals surface area contributed by atoms with Crippen LogP contribution < -0.4 is 15.0 Å². The molecule has 0 spiro atoms. The summed E-state index contributed by atoms with van der Waals surface area (Å²) in [6.07, 6.45) is 7.55. The Balaban J connectivity index is 1.40. The van der Waals surface area contributed by atoms with Gasteiger partial charge in [-0.2, -0.15) is 0 Å². The zero-order valence-corrected chi connectivity index (χ0v) is 21.6. The van der Waals surface area contributed by atoms with Gasteiger partial charge in [0, 0.05) is 17.8 Å². The lowest BCUT2D eigenvalue weighted by atomic mass is 9.91. The molecule has 1 aromatic carbocycles. The third-order valence-electron chi connectivity index (χ3n) is 6.93. The Morgan fingerprint density at radius 1 is 1.24 bits per heavy atom. The van der Waals surface area contributed by atoms with Crippen molar-refractivity contribution in [1.82, 2.24) is 24.6 Å². The Hall–Kier alpha value is -4.12. The van der Waals surface area contributed by atoms with Gasteiger partial charge in [0.1, 0.15) is 11.6 Å². The number of aromatic nitrogens is 5. The Bertz CT molecular complexity index is 1460.